The molecule has 0 saturated carbocycles. The summed E-state index contributed by atoms with van der Waals surface area (Å²) < 4.78 is 0. The fourth-order valence-electron chi connectivity index (χ4n) is 3.45. The maximum absolute atomic E-state index is 4.58. The van der Waals surface area contributed by atoms with Crippen molar-refractivity contribution in [2.24, 2.45) is 4.99 Å². The minimum absolute atomic E-state index is 0. The van der Waals surface area contributed by atoms with Crippen molar-refractivity contribution in [2.75, 3.05) is 44.7 Å². The molecule has 0 spiro atoms. The van der Waals surface area contributed by atoms with Crippen LogP contribution in [0.25, 0.3) is 0 Å². The average Bonchev–Trinajstić information content (AvgIpc) is 2.74. The highest BCUT2D eigenvalue weighted by Gasteiger charge is 2.16. The predicted molar refractivity (Wildman–Crippen MR) is 132 cm³/mol. The summed E-state index contributed by atoms with van der Waals surface area (Å²) in [6.45, 7) is 11.2. The van der Waals surface area contributed by atoms with Crippen LogP contribution < -0.4 is 15.5 Å². The molecule has 3 rings (SSSR count). The second-order valence-electron chi connectivity index (χ2n) is 7.21. The Morgan fingerprint density at radius 2 is 1.72 bits per heavy atom. The van der Waals surface area contributed by atoms with Crippen molar-refractivity contribution in [3.63, 3.8) is 0 Å². The molecule has 0 unspecified atom stereocenters. The van der Waals surface area contributed by atoms with Crippen molar-refractivity contribution >= 4 is 35.8 Å². The molecule has 1 aliphatic rings. The van der Waals surface area contributed by atoms with Crippen molar-refractivity contribution in [1.29, 1.82) is 0 Å². The van der Waals surface area contributed by atoms with E-state index in [1.165, 1.54) is 16.7 Å². The van der Waals surface area contributed by atoms with Crippen molar-refractivity contribution < 1.29 is 0 Å². The van der Waals surface area contributed by atoms with Gasteiger partial charge in [0, 0.05) is 52.5 Å². The summed E-state index contributed by atoms with van der Waals surface area (Å²) >= 11 is 0. The van der Waals surface area contributed by atoms with E-state index < -0.39 is 0 Å². The van der Waals surface area contributed by atoms with Gasteiger partial charge < -0.3 is 20.4 Å². The second-order valence-corrected chi connectivity index (χ2v) is 7.21. The molecule has 0 aliphatic carbocycles. The summed E-state index contributed by atoms with van der Waals surface area (Å²) in [5, 5.41) is 6.78. The molecule has 1 aliphatic heterocycles. The molecule has 1 fully saturated rings. The van der Waals surface area contributed by atoms with Crippen LogP contribution in [0.4, 0.5) is 5.82 Å². The number of anilines is 1. The minimum Gasteiger partial charge on any atom is -0.354 e. The van der Waals surface area contributed by atoms with Crippen LogP contribution in [0.15, 0.2) is 47.6 Å². The monoisotopic (exact) mass is 508 g/mol. The summed E-state index contributed by atoms with van der Waals surface area (Å²) in [6, 6.07) is 12.8. The molecule has 1 aromatic heterocycles. The first-order valence-corrected chi connectivity index (χ1v) is 10.1. The Morgan fingerprint density at radius 3 is 2.34 bits per heavy atom. The smallest absolute Gasteiger partial charge is 0.191 e. The molecule has 0 amide bonds. The van der Waals surface area contributed by atoms with Gasteiger partial charge in [-0.2, -0.15) is 0 Å². The zero-order valence-electron chi connectivity index (χ0n) is 17.7. The Bertz CT molecular complexity index is 786. The molecule has 2 aromatic rings. The molecular weight excluding hydrogens is 475 g/mol. The maximum Gasteiger partial charge on any atom is 0.191 e. The number of nitrogens with zero attached hydrogens (tertiary/aromatic N) is 4. The fourth-order valence-corrected chi connectivity index (χ4v) is 3.45. The molecule has 1 saturated heterocycles. The van der Waals surface area contributed by atoms with Crippen LogP contribution in [0.1, 0.15) is 23.6 Å². The third-order valence-electron chi connectivity index (χ3n) is 5.18. The van der Waals surface area contributed by atoms with Crippen molar-refractivity contribution in [3.8, 4) is 0 Å². The van der Waals surface area contributed by atoms with Crippen molar-refractivity contribution in [2.45, 2.75) is 26.9 Å². The van der Waals surface area contributed by atoms with Crippen LogP contribution in [-0.4, -0.2) is 55.6 Å². The zero-order valence-corrected chi connectivity index (χ0v) is 20.0. The number of guanidine groups is 1. The van der Waals surface area contributed by atoms with Gasteiger partial charge in [-0.25, -0.2) is 4.98 Å². The van der Waals surface area contributed by atoms with E-state index in [2.05, 4.69) is 80.7 Å². The maximum atomic E-state index is 4.58. The number of likely N-dealkylation sites (N-methyl/N-ethyl adjacent to an activating group) is 1. The van der Waals surface area contributed by atoms with E-state index in [-0.39, 0.29) is 24.0 Å². The van der Waals surface area contributed by atoms with Crippen LogP contribution in [0, 0.1) is 6.92 Å². The van der Waals surface area contributed by atoms with E-state index in [0.29, 0.717) is 0 Å². The lowest BCUT2D eigenvalue weighted by Crippen LogP contribution is -2.46. The lowest BCUT2D eigenvalue weighted by Gasteiger charge is -2.34. The molecule has 1 aromatic carbocycles. The summed E-state index contributed by atoms with van der Waals surface area (Å²) in [7, 11) is 1.80. The van der Waals surface area contributed by atoms with Gasteiger partial charge in [-0.05, 0) is 36.7 Å². The number of halogens is 1. The molecule has 29 heavy (non-hydrogen) atoms. The number of hydrogen-bond acceptors (Lipinski definition) is 4. The van der Waals surface area contributed by atoms with Gasteiger partial charge in [0.05, 0.1) is 0 Å². The summed E-state index contributed by atoms with van der Waals surface area (Å²) in [6.07, 6.45) is 1.90. The first-order chi connectivity index (χ1) is 13.7. The van der Waals surface area contributed by atoms with Gasteiger partial charge >= 0.3 is 0 Å². The Labute approximate surface area is 191 Å². The van der Waals surface area contributed by atoms with Gasteiger partial charge in [0.25, 0.3) is 0 Å². The summed E-state index contributed by atoms with van der Waals surface area (Å²) in [4.78, 5) is 13.8. The van der Waals surface area contributed by atoms with E-state index in [1.54, 1.807) is 7.05 Å². The molecule has 0 bridgehead atoms. The number of aromatic nitrogens is 1. The van der Waals surface area contributed by atoms with Crippen molar-refractivity contribution in [3.05, 3.63) is 59.3 Å². The summed E-state index contributed by atoms with van der Waals surface area (Å²) in [5.74, 6) is 1.87. The van der Waals surface area contributed by atoms with E-state index in [4.69, 9.17) is 0 Å². The number of aliphatic imine (C=N–C) groups is 1. The highest BCUT2D eigenvalue weighted by atomic mass is 127. The van der Waals surface area contributed by atoms with E-state index >= 15 is 0 Å². The first-order valence-electron chi connectivity index (χ1n) is 10.1. The van der Waals surface area contributed by atoms with Gasteiger partial charge in [0.1, 0.15) is 5.82 Å². The highest BCUT2D eigenvalue weighted by molar-refractivity contribution is 14.0. The molecule has 2 heterocycles. The normalized spacial score (nSPS) is 15.0. The third kappa shape index (κ3) is 7.15. The van der Waals surface area contributed by atoms with Gasteiger partial charge in [-0.1, -0.05) is 36.8 Å². The highest BCUT2D eigenvalue weighted by Crippen LogP contribution is 2.15. The lowest BCUT2D eigenvalue weighted by molar-refractivity contribution is 0.270. The number of pyridine rings is 1. The number of nitrogens with one attached hydrogen (secondary N) is 2. The lowest BCUT2D eigenvalue weighted by atomic mass is 10.1. The largest absolute Gasteiger partial charge is 0.354 e. The summed E-state index contributed by atoms with van der Waals surface area (Å²) in [5.41, 5.74) is 3.73. The van der Waals surface area contributed by atoms with Crippen LogP contribution >= 0.6 is 24.0 Å². The van der Waals surface area contributed by atoms with Crippen LogP contribution in [0.3, 0.4) is 0 Å². The SMILES string of the molecule is CCN1CCN(c2cc(CNC(=NC)NCc3cccc(C)c3)ccn2)CC1.I. The number of benzene rings is 1. The minimum atomic E-state index is 0. The van der Waals surface area contributed by atoms with Crippen LogP contribution in [0.2, 0.25) is 0 Å². The Hall–Kier alpha value is -1.87. The molecule has 158 valence electrons. The second kappa shape index (κ2) is 12.0. The third-order valence-corrected chi connectivity index (χ3v) is 5.18. The molecule has 2 N–H and O–H groups in total. The van der Waals surface area contributed by atoms with Gasteiger partial charge in [0.2, 0.25) is 0 Å². The number of rotatable bonds is 6. The molecular formula is C22H33IN6. The topological polar surface area (TPSA) is 55.8 Å². The Balaban J connectivity index is 0.00000300. The quantitative estimate of drug-likeness (QED) is 0.357. The van der Waals surface area contributed by atoms with Gasteiger partial charge in [0.15, 0.2) is 5.96 Å². The van der Waals surface area contributed by atoms with Crippen molar-refractivity contribution in [1.82, 2.24) is 20.5 Å². The number of aryl methyl sites for hydroxylation is 1. The molecule has 0 radical (unpaired) electrons. The first kappa shape index (κ1) is 23.4. The number of piperazine rings is 1. The van der Waals surface area contributed by atoms with E-state index in [0.717, 1.165) is 57.6 Å². The molecule has 7 heteroatoms. The van der Waals surface area contributed by atoms with Gasteiger partial charge in [-0.3, -0.25) is 4.99 Å². The average molecular weight is 508 g/mol. The Morgan fingerprint density at radius 1 is 1.03 bits per heavy atom. The molecule has 0 atom stereocenters. The molecule has 6 nitrogen and oxygen atoms in total. The standard InChI is InChI=1S/C22H32N6.HI/c1-4-27-10-12-28(13-11-27)21-15-20(8-9-24-21)17-26-22(23-3)25-16-19-7-5-6-18(2)14-19;/h5-9,14-15H,4,10-13,16-17H2,1-3H3,(H2,23,25,26);1H. The number of hydrogen-bond donors (Lipinski definition) is 2. The fraction of sp³-hybridized carbons (Fsp3) is 0.455. The van der Waals surface area contributed by atoms with Crippen LogP contribution in [-0.2, 0) is 13.1 Å². The van der Waals surface area contributed by atoms with Crippen LogP contribution in [0.5, 0.6) is 0 Å². The Kier molecular flexibility index (Phi) is 9.66. The van der Waals surface area contributed by atoms with E-state index in [1.807, 2.05) is 6.20 Å². The zero-order chi connectivity index (χ0) is 19.8. The predicted octanol–water partition coefficient (Wildman–Crippen LogP) is 3.02. The van der Waals surface area contributed by atoms with E-state index in [9.17, 15) is 0 Å². The van der Waals surface area contributed by atoms with Gasteiger partial charge in [-0.15, -0.1) is 24.0 Å².